The van der Waals surface area contributed by atoms with Crippen molar-refractivity contribution in [3.05, 3.63) is 53.5 Å². The lowest BCUT2D eigenvalue weighted by Gasteiger charge is -2.16. The minimum absolute atomic E-state index is 0.00261. The topological polar surface area (TPSA) is 208 Å². The number of carboxylic acids is 1. The van der Waals surface area contributed by atoms with E-state index >= 15 is 0 Å². The maximum atomic E-state index is 12.4. The van der Waals surface area contributed by atoms with Crippen LogP contribution in [0.5, 0.6) is 5.75 Å². The maximum absolute atomic E-state index is 12.4. The smallest absolute Gasteiger partial charge is 0.480 e. The van der Waals surface area contributed by atoms with Crippen LogP contribution in [0.15, 0.2) is 41.0 Å². The van der Waals surface area contributed by atoms with Crippen LogP contribution in [0.25, 0.3) is 0 Å². The van der Waals surface area contributed by atoms with Gasteiger partial charge in [-0.1, -0.05) is 6.92 Å². The van der Waals surface area contributed by atoms with Crippen molar-refractivity contribution in [1.29, 1.82) is 5.41 Å². The van der Waals surface area contributed by atoms with E-state index in [4.69, 9.17) is 20.3 Å². The molecular weight excluding hydrogens is 523 g/mol. The molecule has 16 heteroatoms. The Morgan fingerprint density at radius 2 is 1.74 bits per heavy atom. The van der Waals surface area contributed by atoms with E-state index in [1.165, 1.54) is 37.3 Å². The normalized spacial score (nSPS) is 12.5. The molecular formula is C22H20F3N3O10. The summed E-state index contributed by atoms with van der Waals surface area (Å²) in [6.45, 7) is 1.37. The monoisotopic (exact) mass is 543 g/mol. The number of carbonyl (C=O) groups is 5. The molecule has 1 aromatic carbocycles. The number of halogens is 3. The Labute approximate surface area is 211 Å². The fourth-order valence-electron chi connectivity index (χ4n) is 2.70. The van der Waals surface area contributed by atoms with Gasteiger partial charge in [-0.15, -0.1) is 0 Å². The lowest BCUT2D eigenvalue weighted by molar-refractivity contribution is -0.286. The fourth-order valence-corrected chi connectivity index (χ4v) is 2.70. The lowest BCUT2D eigenvalue weighted by Crippen LogP contribution is -2.45. The highest BCUT2D eigenvalue weighted by atomic mass is 19.4. The van der Waals surface area contributed by atoms with Crippen LogP contribution in [0.1, 0.15) is 35.0 Å². The van der Waals surface area contributed by atoms with Crippen LogP contribution in [0.3, 0.4) is 0 Å². The van der Waals surface area contributed by atoms with Gasteiger partial charge in [0.05, 0.1) is 12.0 Å². The second kappa shape index (κ2) is 12.4. The van der Waals surface area contributed by atoms with Crippen molar-refractivity contribution in [3.8, 4) is 5.75 Å². The number of carboxylic acid groups (broad SMARTS) is 1. The summed E-state index contributed by atoms with van der Waals surface area (Å²) in [5.74, 6) is -8.68. The molecule has 5 N–H and O–H groups in total. The van der Waals surface area contributed by atoms with Crippen molar-refractivity contribution in [3.63, 3.8) is 0 Å². The van der Waals surface area contributed by atoms with Crippen molar-refractivity contribution in [2.24, 2.45) is 11.7 Å². The first-order chi connectivity index (χ1) is 17.7. The summed E-state index contributed by atoms with van der Waals surface area (Å²) in [6.07, 6.45) is -5.64. The van der Waals surface area contributed by atoms with Crippen LogP contribution in [-0.4, -0.2) is 52.9 Å². The van der Waals surface area contributed by atoms with Gasteiger partial charge in [-0.05, 0) is 30.3 Å². The number of esters is 1. The highest BCUT2D eigenvalue weighted by molar-refractivity contribution is 5.95. The summed E-state index contributed by atoms with van der Waals surface area (Å²) in [7, 11) is 0. The predicted molar refractivity (Wildman–Crippen MR) is 116 cm³/mol. The quantitative estimate of drug-likeness (QED) is 0.0842. The first kappa shape index (κ1) is 29.3. The molecule has 0 bridgehead atoms. The molecule has 0 radical (unpaired) electrons. The van der Waals surface area contributed by atoms with Crippen LogP contribution in [0.2, 0.25) is 0 Å². The van der Waals surface area contributed by atoms with Crippen LogP contribution in [0.4, 0.5) is 13.2 Å². The maximum Gasteiger partial charge on any atom is 0.495 e. The molecule has 2 aromatic rings. The molecule has 1 heterocycles. The predicted octanol–water partition coefficient (Wildman–Crippen LogP) is 1.48. The number of ether oxygens (including phenoxy) is 1. The Morgan fingerprint density at radius 3 is 2.29 bits per heavy atom. The van der Waals surface area contributed by atoms with Crippen molar-refractivity contribution in [2.45, 2.75) is 32.0 Å². The summed E-state index contributed by atoms with van der Waals surface area (Å²) < 4.78 is 46.6. The van der Waals surface area contributed by atoms with Crippen LogP contribution in [0, 0.1) is 11.3 Å². The number of alkyl halides is 3. The standard InChI is InChI=1S/C22H20F3N3O10/c1-10(18(30)28-15(19(31)32)8-16(29)37-38-21(34)22(23,24)25)6-14-7-12(9-35-14)20(33)36-13-4-2-11(3-5-13)17(26)27/h2-5,7,9-10,15H,6,8H2,1H3,(H3,26,27)(H,28,30)(H,31,32)/t10?,15-/m0/s1. The number of nitrogens with one attached hydrogen (secondary N) is 2. The molecule has 2 atom stereocenters. The van der Waals surface area contributed by atoms with Crippen molar-refractivity contribution in [1.82, 2.24) is 5.32 Å². The minimum Gasteiger partial charge on any atom is -0.480 e. The van der Waals surface area contributed by atoms with E-state index in [2.05, 4.69) is 9.78 Å². The summed E-state index contributed by atoms with van der Waals surface area (Å²) in [5, 5.41) is 18.5. The number of hydrogen-bond donors (Lipinski definition) is 4. The molecule has 0 aliphatic heterocycles. The Hall–Kier alpha value is -4.89. The summed E-state index contributed by atoms with van der Waals surface area (Å²) in [4.78, 5) is 65.0. The zero-order valence-electron chi connectivity index (χ0n) is 19.4. The van der Waals surface area contributed by atoms with Gasteiger partial charge in [0.2, 0.25) is 5.91 Å². The summed E-state index contributed by atoms with van der Waals surface area (Å²) in [5.41, 5.74) is 5.78. The molecule has 0 aliphatic carbocycles. The minimum atomic E-state index is -5.44. The van der Waals surface area contributed by atoms with E-state index in [-0.39, 0.29) is 29.3 Å². The molecule has 0 saturated carbocycles. The second-order valence-corrected chi connectivity index (χ2v) is 7.66. The number of amidine groups is 1. The van der Waals surface area contributed by atoms with Gasteiger partial charge in [-0.25, -0.2) is 29.0 Å². The molecule has 1 unspecified atom stereocenters. The van der Waals surface area contributed by atoms with Crippen molar-refractivity contribution < 1.29 is 61.2 Å². The molecule has 0 aliphatic rings. The highest BCUT2D eigenvalue weighted by Crippen LogP contribution is 2.18. The van der Waals surface area contributed by atoms with Gasteiger partial charge in [0.1, 0.15) is 29.7 Å². The highest BCUT2D eigenvalue weighted by Gasteiger charge is 2.43. The molecule has 204 valence electrons. The van der Waals surface area contributed by atoms with Crippen LogP contribution in [-0.2, 0) is 35.4 Å². The van der Waals surface area contributed by atoms with Gasteiger partial charge in [-0.2, -0.15) is 13.2 Å². The number of hydrogen-bond acceptors (Lipinski definition) is 10. The number of carbonyl (C=O) groups excluding carboxylic acids is 4. The number of amides is 1. The van der Waals surface area contributed by atoms with E-state index in [0.29, 0.717) is 5.56 Å². The van der Waals surface area contributed by atoms with Crippen molar-refractivity contribution >= 4 is 35.6 Å². The van der Waals surface area contributed by atoms with Crippen molar-refractivity contribution in [2.75, 3.05) is 0 Å². The number of aliphatic carboxylic acids is 1. The number of benzene rings is 1. The molecule has 0 spiro atoms. The zero-order chi connectivity index (χ0) is 28.6. The van der Waals surface area contributed by atoms with Gasteiger partial charge in [-0.3, -0.25) is 10.2 Å². The Balaban J connectivity index is 1.91. The number of nitrogen functional groups attached to an aromatic ring is 1. The summed E-state index contributed by atoms with van der Waals surface area (Å²) >= 11 is 0. The van der Waals surface area contributed by atoms with Gasteiger partial charge in [0.25, 0.3) is 0 Å². The van der Waals surface area contributed by atoms with Gasteiger partial charge in [0.15, 0.2) is 0 Å². The van der Waals surface area contributed by atoms with Gasteiger partial charge in [0, 0.05) is 17.9 Å². The molecule has 38 heavy (non-hydrogen) atoms. The number of rotatable bonds is 10. The molecule has 0 saturated heterocycles. The van der Waals surface area contributed by atoms with E-state index in [1.807, 2.05) is 5.32 Å². The van der Waals surface area contributed by atoms with Crippen LogP contribution < -0.4 is 15.8 Å². The van der Waals surface area contributed by atoms with Gasteiger partial charge >= 0.3 is 30.1 Å². The summed E-state index contributed by atoms with van der Waals surface area (Å²) in [6, 6.07) is 5.18. The Kier molecular flexibility index (Phi) is 9.56. The average molecular weight is 543 g/mol. The first-order valence-electron chi connectivity index (χ1n) is 10.4. The third kappa shape index (κ3) is 8.65. The molecule has 0 fully saturated rings. The fraction of sp³-hybridized carbons (Fsp3) is 0.273. The van der Waals surface area contributed by atoms with E-state index in [0.717, 1.165) is 6.26 Å². The Morgan fingerprint density at radius 1 is 1.11 bits per heavy atom. The SMILES string of the molecule is CC(Cc1cc(C(=O)Oc2ccc(C(=N)N)cc2)co1)C(=O)N[C@@H](CC(=O)OOC(=O)C(F)(F)F)C(=O)O. The molecule has 1 aromatic heterocycles. The van der Waals surface area contributed by atoms with E-state index in [9.17, 15) is 42.3 Å². The first-order valence-corrected chi connectivity index (χ1v) is 10.4. The zero-order valence-corrected chi connectivity index (χ0v) is 19.4. The van der Waals surface area contributed by atoms with E-state index < -0.39 is 54.3 Å². The largest absolute Gasteiger partial charge is 0.495 e. The lowest BCUT2D eigenvalue weighted by atomic mass is 10.0. The number of furan rings is 1. The van der Waals surface area contributed by atoms with Crippen LogP contribution >= 0.6 is 0 Å². The third-order valence-corrected chi connectivity index (χ3v) is 4.65. The molecule has 13 nitrogen and oxygen atoms in total. The average Bonchev–Trinajstić information content (AvgIpc) is 3.30. The third-order valence-electron chi connectivity index (χ3n) is 4.65. The molecule has 1 amide bonds. The van der Waals surface area contributed by atoms with Gasteiger partial charge < -0.3 is 25.3 Å². The number of nitrogens with two attached hydrogens (primary N) is 1. The molecule has 2 rings (SSSR count). The Bertz CT molecular complexity index is 1220. The van der Waals surface area contributed by atoms with E-state index in [1.54, 1.807) is 0 Å². The second-order valence-electron chi connectivity index (χ2n) is 7.66.